The summed E-state index contributed by atoms with van der Waals surface area (Å²) >= 11 is 0. The molecule has 0 aliphatic heterocycles. The maximum atomic E-state index is 11.3. The van der Waals surface area contributed by atoms with Crippen LogP contribution in [0, 0.1) is 5.41 Å². The molecule has 0 spiro atoms. The zero-order chi connectivity index (χ0) is 10.6. The van der Waals surface area contributed by atoms with Gasteiger partial charge in [0, 0.05) is 5.70 Å². The summed E-state index contributed by atoms with van der Waals surface area (Å²) in [7, 11) is 0. The summed E-state index contributed by atoms with van der Waals surface area (Å²) in [5.74, 6) is -0.324. The lowest BCUT2D eigenvalue weighted by molar-refractivity contribution is -0.141. The maximum Gasteiger partial charge on any atom is 0.335 e. The third-order valence-corrected chi connectivity index (χ3v) is 1.53. The van der Waals surface area contributed by atoms with Crippen molar-refractivity contribution in [3.8, 4) is 0 Å². The van der Waals surface area contributed by atoms with E-state index in [1.807, 2.05) is 20.8 Å². The van der Waals surface area contributed by atoms with Crippen LogP contribution in [0.2, 0.25) is 0 Å². The number of hydrogen-bond donors (Lipinski definition) is 1. The normalized spacial score (nSPS) is 13.6. The molecule has 0 heterocycles. The highest BCUT2D eigenvalue weighted by molar-refractivity contribution is 5.88. The molecule has 0 atom stereocenters. The molecule has 3 nitrogen and oxygen atoms in total. The summed E-state index contributed by atoms with van der Waals surface area (Å²) in [6, 6.07) is 0. The van der Waals surface area contributed by atoms with Crippen molar-refractivity contribution < 1.29 is 9.53 Å². The van der Waals surface area contributed by atoms with E-state index in [0.29, 0.717) is 17.9 Å². The quantitative estimate of drug-likeness (QED) is 0.527. The molecule has 0 radical (unpaired) electrons. The first kappa shape index (κ1) is 12.0. The lowest BCUT2D eigenvalue weighted by Crippen LogP contribution is -2.19. The highest BCUT2D eigenvalue weighted by Gasteiger charge is 2.15. The Balaban J connectivity index is 4.12. The monoisotopic (exact) mass is 185 g/mol. The Morgan fingerprint density at radius 1 is 1.31 bits per heavy atom. The molecule has 0 saturated heterocycles. The maximum absolute atomic E-state index is 11.3. The van der Waals surface area contributed by atoms with E-state index in [1.165, 1.54) is 0 Å². The van der Waals surface area contributed by atoms with Gasteiger partial charge in [-0.15, -0.1) is 0 Å². The minimum Gasteiger partial charge on any atom is -0.462 e. The van der Waals surface area contributed by atoms with Crippen LogP contribution in [0.4, 0.5) is 0 Å². The van der Waals surface area contributed by atoms with Crippen LogP contribution >= 0.6 is 0 Å². The second-order valence-corrected chi connectivity index (χ2v) is 4.44. The number of nitrogens with two attached hydrogens (primary N) is 1. The van der Waals surface area contributed by atoms with Crippen molar-refractivity contribution in [1.29, 1.82) is 0 Å². The van der Waals surface area contributed by atoms with E-state index in [-0.39, 0.29) is 11.4 Å². The number of carbonyl (C=O) groups excluding carboxylic acids is 1. The van der Waals surface area contributed by atoms with Crippen molar-refractivity contribution >= 4 is 5.97 Å². The summed E-state index contributed by atoms with van der Waals surface area (Å²) in [5.41, 5.74) is 6.46. The molecule has 0 aromatic carbocycles. The Labute approximate surface area is 79.9 Å². The molecule has 0 aliphatic rings. The number of ether oxygens (including phenoxy) is 1. The van der Waals surface area contributed by atoms with E-state index < -0.39 is 0 Å². The predicted molar refractivity (Wildman–Crippen MR) is 53.0 cm³/mol. The van der Waals surface area contributed by atoms with Gasteiger partial charge in [0.05, 0.1) is 12.2 Å². The molecule has 0 rings (SSSR count). The van der Waals surface area contributed by atoms with Gasteiger partial charge in [0.2, 0.25) is 0 Å². The van der Waals surface area contributed by atoms with Crippen LogP contribution in [0.3, 0.4) is 0 Å². The molecule has 0 unspecified atom stereocenters. The molecular weight excluding hydrogens is 166 g/mol. The lowest BCUT2D eigenvalue weighted by atomic mass is 9.99. The van der Waals surface area contributed by atoms with Gasteiger partial charge in [0.25, 0.3) is 0 Å². The zero-order valence-corrected chi connectivity index (χ0v) is 9.10. The second-order valence-electron chi connectivity index (χ2n) is 4.44. The number of esters is 1. The third kappa shape index (κ3) is 5.28. The highest BCUT2D eigenvalue weighted by Crippen LogP contribution is 2.14. The van der Waals surface area contributed by atoms with E-state index in [1.54, 1.807) is 13.8 Å². The van der Waals surface area contributed by atoms with Gasteiger partial charge in [-0.1, -0.05) is 20.8 Å². The van der Waals surface area contributed by atoms with Crippen molar-refractivity contribution in [3.05, 3.63) is 11.3 Å². The molecule has 0 saturated carbocycles. The molecule has 0 aromatic rings. The van der Waals surface area contributed by atoms with Gasteiger partial charge in [-0.3, -0.25) is 0 Å². The number of rotatable bonds is 2. The zero-order valence-electron chi connectivity index (χ0n) is 9.10. The minimum atomic E-state index is -0.324. The fourth-order valence-corrected chi connectivity index (χ4v) is 0.551. The Bertz CT molecular complexity index is 220. The van der Waals surface area contributed by atoms with E-state index in [2.05, 4.69) is 0 Å². The van der Waals surface area contributed by atoms with Crippen LogP contribution < -0.4 is 5.73 Å². The summed E-state index contributed by atoms with van der Waals surface area (Å²) in [5, 5.41) is 0. The van der Waals surface area contributed by atoms with Crippen LogP contribution in [0.1, 0.15) is 34.6 Å². The Hall–Kier alpha value is -0.990. The van der Waals surface area contributed by atoms with Crippen molar-refractivity contribution in [2.24, 2.45) is 11.1 Å². The standard InChI is InChI=1S/C10H19NO2/c1-7(8(2)11)9(12)13-6-10(3,4)5/h6,11H2,1-5H3. The first-order valence-electron chi connectivity index (χ1n) is 4.34. The molecule has 0 amide bonds. The molecule has 0 fully saturated rings. The summed E-state index contributed by atoms with van der Waals surface area (Å²) in [6.07, 6.45) is 0. The van der Waals surface area contributed by atoms with Gasteiger partial charge in [-0.25, -0.2) is 4.79 Å². The number of hydrogen-bond acceptors (Lipinski definition) is 3. The van der Waals surface area contributed by atoms with Gasteiger partial charge in [0.1, 0.15) is 0 Å². The molecule has 2 N–H and O–H groups in total. The Morgan fingerprint density at radius 2 is 1.77 bits per heavy atom. The first-order chi connectivity index (χ1) is 5.74. The average Bonchev–Trinajstić information content (AvgIpc) is 1.97. The minimum absolute atomic E-state index is 0.00154. The largest absolute Gasteiger partial charge is 0.462 e. The fraction of sp³-hybridized carbons (Fsp3) is 0.700. The van der Waals surface area contributed by atoms with Crippen LogP contribution in [0.15, 0.2) is 11.3 Å². The number of carbonyl (C=O) groups is 1. The topological polar surface area (TPSA) is 52.3 Å². The summed E-state index contributed by atoms with van der Waals surface area (Å²) in [6.45, 7) is 9.79. The molecule has 0 bridgehead atoms. The van der Waals surface area contributed by atoms with E-state index >= 15 is 0 Å². The number of allylic oxidation sites excluding steroid dienone is 1. The van der Waals surface area contributed by atoms with E-state index in [4.69, 9.17) is 10.5 Å². The predicted octanol–water partition coefficient (Wildman–Crippen LogP) is 1.83. The highest BCUT2D eigenvalue weighted by atomic mass is 16.5. The summed E-state index contributed by atoms with van der Waals surface area (Å²) in [4.78, 5) is 11.3. The third-order valence-electron chi connectivity index (χ3n) is 1.53. The van der Waals surface area contributed by atoms with Crippen molar-refractivity contribution in [1.82, 2.24) is 0 Å². The van der Waals surface area contributed by atoms with Crippen molar-refractivity contribution in [3.63, 3.8) is 0 Å². The van der Waals surface area contributed by atoms with E-state index in [9.17, 15) is 4.79 Å². The fourth-order valence-electron chi connectivity index (χ4n) is 0.551. The second kappa shape index (κ2) is 4.30. The smallest absolute Gasteiger partial charge is 0.335 e. The van der Waals surface area contributed by atoms with Gasteiger partial charge >= 0.3 is 5.97 Å². The van der Waals surface area contributed by atoms with Crippen LogP contribution in [-0.2, 0) is 9.53 Å². The van der Waals surface area contributed by atoms with Gasteiger partial charge in [-0.05, 0) is 19.3 Å². The van der Waals surface area contributed by atoms with Crippen LogP contribution in [0.25, 0.3) is 0 Å². The van der Waals surface area contributed by atoms with Crippen molar-refractivity contribution in [2.75, 3.05) is 6.61 Å². The molecule has 76 valence electrons. The molecular formula is C10H19NO2. The average molecular weight is 185 g/mol. The van der Waals surface area contributed by atoms with Gasteiger partial charge in [-0.2, -0.15) is 0 Å². The Morgan fingerprint density at radius 3 is 2.08 bits per heavy atom. The SMILES string of the molecule is CC(N)=C(C)C(=O)OCC(C)(C)C. The van der Waals surface area contributed by atoms with Gasteiger partial charge in [0.15, 0.2) is 0 Å². The molecule has 13 heavy (non-hydrogen) atoms. The lowest BCUT2D eigenvalue weighted by Gasteiger charge is -2.18. The first-order valence-corrected chi connectivity index (χ1v) is 4.34. The van der Waals surface area contributed by atoms with Crippen LogP contribution in [0.5, 0.6) is 0 Å². The van der Waals surface area contributed by atoms with E-state index in [0.717, 1.165) is 0 Å². The van der Waals surface area contributed by atoms with Crippen molar-refractivity contribution in [2.45, 2.75) is 34.6 Å². The van der Waals surface area contributed by atoms with Crippen LogP contribution in [-0.4, -0.2) is 12.6 Å². The molecule has 3 heteroatoms. The van der Waals surface area contributed by atoms with Gasteiger partial charge < -0.3 is 10.5 Å². The summed E-state index contributed by atoms with van der Waals surface area (Å²) < 4.78 is 5.05. The molecule has 0 aliphatic carbocycles. The Kier molecular flexibility index (Phi) is 3.98. The molecule has 0 aromatic heterocycles.